The monoisotopic (exact) mass is 283 g/mol. The van der Waals surface area contributed by atoms with Crippen molar-refractivity contribution in [1.82, 2.24) is 0 Å². The van der Waals surface area contributed by atoms with Gasteiger partial charge in [-0.3, -0.25) is 0 Å². The molecule has 105 valence electrons. The average Bonchev–Trinajstić information content (AvgIpc) is 2.44. The summed E-state index contributed by atoms with van der Waals surface area (Å²) in [6.45, 7) is 8.70. The molecule has 0 heterocycles. The van der Waals surface area contributed by atoms with Gasteiger partial charge in [-0.05, 0) is 22.2 Å². The van der Waals surface area contributed by atoms with Crippen molar-refractivity contribution < 1.29 is 4.43 Å². The van der Waals surface area contributed by atoms with E-state index in [0.717, 1.165) is 6.42 Å². The number of benzene rings is 2. The number of rotatable bonds is 5. The second-order valence-corrected chi connectivity index (χ2v) is 8.63. The Kier molecular flexibility index (Phi) is 5.15. The van der Waals surface area contributed by atoms with E-state index in [4.69, 9.17) is 4.43 Å². The molecule has 0 spiro atoms. The smallest absolute Gasteiger partial charge is 0.240 e. The quantitative estimate of drug-likeness (QED) is 0.766. The lowest BCUT2D eigenvalue weighted by atomic mass is 9.93. The van der Waals surface area contributed by atoms with Gasteiger partial charge < -0.3 is 4.43 Å². The molecule has 0 aromatic heterocycles. The summed E-state index contributed by atoms with van der Waals surface area (Å²) < 4.78 is 6.20. The molecular weight excluding hydrogens is 260 g/mol. The van der Waals surface area contributed by atoms with E-state index in [-0.39, 0.29) is 5.41 Å². The normalized spacial score (nSPS) is 11.8. The van der Waals surface area contributed by atoms with Crippen LogP contribution in [-0.2, 0) is 4.43 Å². The highest BCUT2D eigenvalue weighted by molar-refractivity contribution is 6.80. The summed E-state index contributed by atoms with van der Waals surface area (Å²) in [4.78, 5) is 0. The molecule has 0 aliphatic carbocycles. The van der Waals surface area contributed by atoms with Crippen LogP contribution in [0.2, 0.25) is 0 Å². The van der Waals surface area contributed by atoms with Crippen LogP contribution in [0.1, 0.15) is 27.2 Å². The highest BCUT2D eigenvalue weighted by Gasteiger charge is 2.19. The molecule has 0 atom stereocenters. The van der Waals surface area contributed by atoms with Gasteiger partial charge in [-0.15, -0.1) is 0 Å². The minimum absolute atomic E-state index is 0.270. The third kappa shape index (κ3) is 4.62. The Morgan fingerprint density at radius 3 is 1.70 bits per heavy atom. The summed E-state index contributed by atoms with van der Waals surface area (Å²) in [5.74, 6) is 0. The van der Waals surface area contributed by atoms with E-state index in [1.807, 2.05) is 6.61 Å². The topological polar surface area (TPSA) is 9.23 Å². The maximum Gasteiger partial charge on any atom is 0.240 e. The van der Waals surface area contributed by atoms with Gasteiger partial charge >= 0.3 is 0 Å². The van der Waals surface area contributed by atoms with Gasteiger partial charge in [-0.25, -0.2) is 0 Å². The van der Waals surface area contributed by atoms with Gasteiger partial charge in [0.15, 0.2) is 0 Å². The van der Waals surface area contributed by atoms with Crippen molar-refractivity contribution >= 4 is 19.4 Å². The van der Waals surface area contributed by atoms with Crippen molar-refractivity contribution in [3.63, 3.8) is 0 Å². The SMILES string of the molecule is CC(C)(C)C[CH]O[SiH](c1ccccc1)c1ccccc1. The van der Waals surface area contributed by atoms with E-state index >= 15 is 0 Å². The predicted octanol–water partition coefficient (Wildman–Crippen LogP) is 3.14. The summed E-state index contributed by atoms with van der Waals surface area (Å²) in [5.41, 5.74) is 0.270. The molecule has 0 saturated carbocycles. The lowest BCUT2D eigenvalue weighted by Gasteiger charge is -2.21. The summed E-state index contributed by atoms with van der Waals surface area (Å²) in [7, 11) is -1.60. The van der Waals surface area contributed by atoms with E-state index in [1.54, 1.807) is 0 Å². The van der Waals surface area contributed by atoms with Gasteiger partial charge in [0, 0.05) is 0 Å². The van der Waals surface area contributed by atoms with Crippen molar-refractivity contribution in [3.8, 4) is 0 Å². The molecule has 2 rings (SSSR count). The van der Waals surface area contributed by atoms with Gasteiger partial charge in [0.05, 0.1) is 6.61 Å². The fourth-order valence-corrected chi connectivity index (χ4v) is 4.13. The van der Waals surface area contributed by atoms with Gasteiger partial charge in [0.2, 0.25) is 9.04 Å². The largest absolute Gasteiger partial charge is 0.405 e. The van der Waals surface area contributed by atoms with Gasteiger partial charge in [0.1, 0.15) is 0 Å². The first-order chi connectivity index (χ1) is 9.56. The molecule has 2 aromatic rings. The molecule has 0 unspecified atom stereocenters. The van der Waals surface area contributed by atoms with Crippen molar-refractivity contribution in [2.24, 2.45) is 5.41 Å². The van der Waals surface area contributed by atoms with Crippen LogP contribution in [0.5, 0.6) is 0 Å². The maximum atomic E-state index is 6.20. The molecule has 0 bridgehead atoms. The van der Waals surface area contributed by atoms with E-state index in [9.17, 15) is 0 Å². The molecule has 0 amide bonds. The highest BCUT2D eigenvalue weighted by Crippen LogP contribution is 2.20. The predicted molar refractivity (Wildman–Crippen MR) is 88.8 cm³/mol. The first-order valence-corrected chi connectivity index (χ1v) is 8.76. The molecule has 0 N–H and O–H groups in total. The molecule has 0 fully saturated rings. The summed E-state index contributed by atoms with van der Waals surface area (Å²) in [6.07, 6.45) is 0.968. The van der Waals surface area contributed by atoms with Crippen LogP contribution in [0.4, 0.5) is 0 Å². The zero-order valence-corrected chi connectivity index (χ0v) is 13.7. The first kappa shape index (κ1) is 15.0. The van der Waals surface area contributed by atoms with Crippen molar-refractivity contribution in [2.45, 2.75) is 27.2 Å². The highest BCUT2D eigenvalue weighted by atomic mass is 28.3. The van der Waals surface area contributed by atoms with Gasteiger partial charge in [-0.2, -0.15) is 0 Å². The molecule has 1 nitrogen and oxygen atoms in total. The average molecular weight is 283 g/mol. The van der Waals surface area contributed by atoms with Crippen molar-refractivity contribution in [2.75, 3.05) is 0 Å². The molecular formula is C18H23OSi. The molecule has 0 saturated heterocycles. The third-order valence-electron chi connectivity index (χ3n) is 3.13. The Hall–Kier alpha value is -1.38. The van der Waals surface area contributed by atoms with E-state index in [2.05, 4.69) is 81.4 Å². The Bertz CT molecular complexity index is 462. The number of hydrogen-bond donors (Lipinski definition) is 0. The van der Waals surface area contributed by atoms with Crippen molar-refractivity contribution in [3.05, 3.63) is 67.3 Å². The Morgan fingerprint density at radius 2 is 1.30 bits per heavy atom. The standard InChI is InChI=1S/C18H23OSi/c1-18(2,3)14-15-19-20(16-10-6-4-7-11-16)17-12-8-5-9-13-17/h4-13,15,20H,14H2,1-3H3. The van der Waals surface area contributed by atoms with Crippen LogP contribution in [0.25, 0.3) is 0 Å². The molecule has 2 heteroatoms. The van der Waals surface area contributed by atoms with E-state index < -0.39 is 9.04 Å². The molecule has 1 radical (unpaired) electrons. The molecule has 0 aliphatic rings. The lowest BCUT2D eigenvalue weighted by Crippen LogP contribution is -2.44. The van der Waals surface area contributed by atoms with E-state index in [0.29, 0.717) is 0 Å². The Morgan fingerprint density at radius 1 is 0.850 bits per heavy atom. The van der Waals surface area contributed by atoms with Crippen molar-refractivity contribution in [1.29, 1.82) is 0 Å². The summed E-state index contributed by atoms with van der Waals surface area (Å²) in [5, 5.41) is 2.65. The fourth-order valence-electron chi connectivity index (χ4n) is 2.00. The van der Waals surface area contributed by atoms with Crippen LogP contribution in [-0.4, -0.2) is 9.04 Å². The minimum Gasteiger partial charge on any atom is -0.405 e. The Balaban J connectivity index is 2.13. The van der Waals surface area contributed by atoms with Crippen LogP contribution in [0, 0.1) is 12.0 Å². The number of hydrogen-bond acceptors (Lipinski definition) is 1. The van der Waals surface area contributed by atoms with Crippen LogP contribution >= 0.6 is 0 Å². The van der Waals surface area contributed by atoms with Crippen LogP contribution in [0.15, 0.2) is 60.7 Å². The molecule has 20 heavy (non-hydrogen) atoms. The first-order valence-electron chi connectivity index (χ1n) is 7.13. The summed E-state index contributed by atoms with van der Waals surface area (Å²) in [6, 6.07) is 21.2. The summed E-state index contributed by atoms with van der Waals surface area (Å²) >= 11 is 0. The zero-order valence-electron chi connectivity index (χ0n) is 12.5. The van der Waals surface area contributed by atoms with Gasteiger partial charge in [-0.1, -0.05) is 81.4 Å². The second kappa shape index (κ2) is 6.87. The molecule has 2 aromatic carbocycles. The Labute approximate surface area is 124 Å². The third-order valence-corrected chi connectivity index (χ3v) is 5.58. The van der Waals surface area contributed by atoms with Crippen LogP contribution < -0.4 is 10.4 Å². The zero-order chi connectivity index (χ0) is 14.4. The lowest BCUT2D eigenvalue weighted by molar-refractivity contribution is 0.314. The van der Waals surface area contributed by atoms with E-state index in [1.165, 1.54) is 10.4 Å². The maximum absolute atomic E-state index is 6.20. The fraction of sp³-hybridized carbons (Fsp3) is 0.278. The molecule has 0 aliphatic heterocycles. The minimum atomic E-state index is -1.60. The second-order valence-electron chi connectivity index (χ2n) is 6.27. The van der Waals surface area contributed by atoms with Crippen LogP contribution in [0.3, 0.4) is 0 Å². The van der Waals surface area contributed by atoms with Gasteiger partial charge in [0.25, 0.3) is 0 Å².